The third-order valence-electron chi connectivity index (χ3n) is 5.69. The van der Waals surface area contributed by atoms with Gasteiger partial charge in [-0.05, 0) is 29.4 Å². The monoisotopic (exact) mass is 478 g/mol. The molecule has 0 bridgehead atoms. The van der Waals surface area contributed by atoms with Crippen molar-refractivity contribution in [3.8, 4) is 0 Å². The molecule has 1 saturated heterocycles. The standard InChI is InChI=1S/C27H34N4O4/c1-27(2,3)16-23(32)31-15-7-10-22(31)25(33)29-17-19-11-13-21(14-12-19)24(28)30-26(34)35-18-20-8-5-4-6-9-20/h4-6,8-9,11-14,22H,7,10,15-18H2,1-3H3,(H,29,33)(H2,28,30,34)/t22-/m0/s1. The van der Waals surface area contributed by atoms with Gasteiger partial charge in [0.15, 0.2) is 0 Å². The minimum Gasteiger partial charge on any atom is -0.443 e. The maximum atomic E-state index is 12.8. The minimum absolute atomic E-state index is 0.0246. The highest BCUT2D eigenvalue weighted by Crippen LogP contribution is 2.25. The maximum Gasteiger partial charge on any atom is 0.435 e. The van der Waals surface area contributed by atoms with Crippen LogP contribution >= 0.6 is 0 Å². The fraction of sp³-hybridized carbons (Fsp3) is 0.407. The minimum atomic E-state index is -0.759. The van der Waals surface area contributed by atoms with Gasteiger partial charge in [0.05, 0.1) is 0 Å². The molecule has 1 aliphatic rings. The molecule has 1 heterocycles. The predicted molar refractivity (Wildman–Crippen MR) is 134 cm³/mol. The first kappa shape index (κ1) is 25.9. The number of hydrogen-bond acceptors (Lipinski definition) is 4. The van der Waals surface area contributed by atoms with E-state index in [9.17, 15) is 14.4 Å². The summed E-state index contributed by atoms with van der Waals surface area (Å²) in [5.41, 5.74) is 8.13. The van der Waals surface area contributed by atoms with Gasteiger partial charge in [0.25, 0.3) is 0 Å². The number of amidine groups is 1. The Morgan fingerprint density at radius 1 is 1.06 bits per heavy atom. The van der Waals surface area contributed by atoms with Crippen LogP contribution in [0.5, 0.6) is 0 Å². The first-order valence-corrected chi connectivity index (χ1v) is 11.8. The Morgan fingerprint density at radius 2 is 1.74 bits per heavy atom. The fourth-order valence-electron chi connectivity index (χ4n) is 3.91. The van der Waals surface area contributed by atoms with E-state index in [1.165, 1.54) is 0 Å². The van der Waals surface area contributed by atoms with Gasteiger partial charge in [0.1, 0.15) is 18.5 Å². The van der Waals surface area contributed by atoms with E-state index in [0.717, 1.165) is 17.5 Å². The topological polar surface area (TPSA) is 114 Å². The molecule has 2 aromatic rings. The third kappa shape index (κ3) is 7.95. The summed E-state index contributed by atoms with van der Waals surface area (Å²) in [6, 6.07) is 16.0. The molecule has 0 aliphatic carbocycles. The second kappa shape index (κ2) is 11.6. The van der Waals surface area contributed by atoms with Crippen molar-refractivity contribution in [3.63, 3.8) is 0 Å². The molecule has 0 saturated carbocycles. The summed E-state index contributed by atoms with van der Waals surface area (Å²) in [5.74, 6) is -0.0646. The molecule has 0 aromatic heterocycles. The second-order valence-electron chi connectivity index (χ2n) is 9.93. The lowest BCUT2D eigenvalue weighted by molar-refractivity contribution is -0.139. The summed E-state index contributed by atoms with van der Waals surface area (Å²) in [6.45, 7) is 7.12. The maximum absolute atomic E-state index is 12.8. The Kier molecular flexibility index (Phi) is 8.63. The molecule has 8 heteroatoms. The SMILES string of the molecule is CC(C)(C)CC(=O)N1CCC[C@H]1C(=O)NCc1ccc(/C(N)=N/C(=O)OCc2ccccc2)cc1. The van der Waals surface area contributed by atoms with Crippen LogP contribution in [0.25, 0.3) is 0 Å². The summed E-state index contributed by atoms with van der Waals surface area (Å²) in [6.07, 6.45) is 1.16. The zero-order valence-electron chi connectivity index (χ0n) is 20.6. The summed E-state index contributed by atoms with van der Waals surface area (Å²) in [7, 11) is 0. The Bertz CT molecular complexity index is 1060. The van der Waals surface area contributed by atoms with Crippen LogP contribution in [-0.2, 0) is 27.5 Å². The lowest BCUT2D eigenvalue weighted by atomic mass is 9.91. The highest BCUT2D eigenvalue weighted by molar-refractivity contribution is 6.02. The zero-order chi connectivity index (χ0) is 25.4. The van der Waals surface area contributed by atoms with Crippen LogP contribution in [0.3, 0.4) is 0 Å². The second-order valence-corrected chi connectivity index (χ2v) is 9.93. The van der Waals surface area contributed by atoms with Gasteiger partial charge >= 0.3 is 6.09 Å². The summed E-state index contributed by atoms with van der Waals surface area (Å²) in [5, 5.41) is 2.93. The van der Waals surface area contributed by atoms with Crippen molar-refractivity contribution in [1.29, 1.82) is 0 Å². The Hall–Kier alpha value is -3.68. The molecule has 0 radical (unpaired) electrons. The Labute approximate surface area is 206 Å². The van der Waals surface area contributed by atoms with E-state index < -0.39 is 12.1 Å². The Morgan fingerprint density at radius 3 is 2.40 bits per heavy atom. The van der Waals surface area contributed by atoms with Gasteiger partial charge in [-0.2, -0.15) is 4.99 Å². The highest BCUT2D eigenvalue weighted by atomic mass is 16.5. The number of likely N-dealkylation sites (tertiary alicyclic amines) is 1. The number of amides is 3. The van der Waals surface area contributed by atoms with Gasteiger partial charge in [0, 0.05) is 25.1 Å². The molecular formula is C27H34N4O4. The highest BCUT2D eigenvalue weighted by Gasteiger charge is 2.35. The number of nitrogens with zero attached hydrogens (tertiary/aromatic N) is 2. The summed E-state index contributed by atoms with van der Waals surface area (Å²) < 4.78 is 5.13. The molecule has 1 atom stereocenters. The Balaban J connectivity index is 1.50. The van der Waals surface area contributed by atoms with Crippen LogP contribution < -0.4 is 11.1 Å². The van der Waals surface area contributed by atoms with Crippen molar-refractivity contribution in [2.45, 2.75) is 59.2 Å². The number of carbonyl (C=O) groups excluding carboxylic acids is 3. The van der Waals surface area contributed by atoms with Gasteiger partial charge in [-0.1, -0.05) is 75.4 Å². The molecule has 0 unspecified atom stereocenters. The molecule has 35 heavy (non-hydrogen) atoms. The lowest BCUT2D eigenvalue weighted by Gasteiger charge is -2.27. The van der Waals surface area contributed by atoms with E-state index in [1.54, 1.807) is 17.0 Å². The smallest absolute Gasteiger partial charge is 0.435 e. The number of rotatable bonds is 7. The molecule has 3 amide bonds. The summed E-state index contributed by atoms with van der Waals surface area (Å²) in [4.78, 5) is 42.9. The average Bonchev–Trinajstić information content (AvgIpc) is 3.31. The molecular weight excluding hydrogens is 444 g/mol. The van der Waals surface area contributed by atoms with Crippen LogP contribution in [-0.4, -0.2) is 41.2 Å². The molecule has 0 spiro atoms. The summed E-state index contributed by atoms with van der Waals surface area (Å²) >= 11 is 0. The van der Waals surface area contributed by atoms with Crippen molar-refractivity contribution in [2.24, 2.45) is 16.1 Å². The fourth-order valence-corrected chi connectivity index (χ4v) is 3.91. The number of benzene rings is 2. The van der Waals surface area contributed by atoms with Gasteiger partial charge < -0.3 is 20.7 Å². The molecule has 3 rings (SSSR count). The number of nitrogens with two attached hydrogens (primary N) is 1. The molecule has 3 N–H and O–H groups in total. The number of aliphatic imine (C=N–C) groups is 1. The first-order chi connectivity index (χ1) is 16.6. The molecule has 186 valence electrons. The van der Waals surface area contributed by atoms with Gasteiger partial charge in [-0.15, -0.1) is 0 Å². The van der Waals surface area contributed by atoms with Crippen molar-refractivity contribution < 1.29 is 19.1 Å². The molecule has 1 aliphatic heterocycles. The van der Waals surface area contributed by atoms with Crippen LogP contribution in [0.15, 0.2) is 59.6 Å². The normalized spacial score (nSPS) is 16.1. The third-order valence-corrected chi connectivity index (χ3v) is 5.69. The van der Waals surface area contributed by atoms with Crippen molar-refractivity contribution in [3.05, 3.63) is 71.3 Å². The van der Waals surface area contributed by atoms with Gasteiger partial charge in [0.2, 0.25) is 11.8 Å². The van der Waals surface area contributed by atoms with E-state index in [1.807, 2.05) is 63.2 Å². The average molecular weight is 479 g/mol. The number of hydrogen-bond donors (Lipinski definition) is 2. The predicted octanol–water partition coefficient (Wildman–Crippen LogP) is 3.77. The van der Waals surface area contributed by atoms with Crippen LogP contribution in [0, 0.1) is 5.41 Å². The van der Waals surface area contributed by atoms with E-state index in [0.29, 0.717) is 31.5 Å². The largest absolute Gasteiger partial charge is 0.443 e. The number of nitrogens with one attached hydrogen (secondary N) is 1. The van der Waals surface area contributed by atoms with Crippen molar-refractivity contribution >= 4 is 23.7 Å². The number of carbonyl (C=O) groups is 3. The van der Waals surface area contributed by atoms with E-state index in [4.69, 9.17) is 10.5 Å². The lowest BCUT2D eigenvalue weighted by Crippen LogP contribution is -2.46. The molecule has 8 nitrogen and oxygen atoms in total. The van der Waals surface area contributed by atoms with Gasteiger partial charge in [-0.25, -0.2) is 4.79 Å². The van der Waals surface area contributed by atoms with Crippen LogP contribution in [0.4, 0.5) is 4.79 Å². The van der Waals surface area contributed by atoms with E-state index >= 15 is 0 Å². The zero-order valence-corrected chi connectivity index (χ0v) is 20.6. The van der Waals surface area contributed by atoms with Crippen LogP contribution in [0.1, 0.15) is 56.7 Å². The van der Waals surface area contributed by atoms with Gasteiger partial charge in [-0.3, -0.25) is 9.59 Å². The molecule has 1 fully saturated rings. The van der Waals surface area contributed by atoms with Crippen molar-refractivity contribution in [1.82, 2.24) is 10.2 Å². The number of ether oxygens (including phenoxy) is 1. The first-order valence-electron chi connectivity index (χ1n) is 11.8. The van der Waals surface area contributed by atoms with E-state index in [-0.39, 0.29) is 29.7 Å². The van der Waals surface area contributed by atoms with Crippen LogP contribution in [0.2, 0.25) is 0 Å². The van der Waals surface area contributed by atoms with Crippen molar-refractivity contribution in [2.75, 3.05) is 6.54 Å². The quantitative estimate of drug-likeness (QED) is 0.464. The molecule has 2 aromatic carbocycles. The van der Waals surface area contributed by atoms with E-state index in [2.05, 4.69) is 10.3 Å².